The van der Waals surface area contributed by atoms with Gasteiger partial charge >= 0.3 is 6.18 Å². The number of aliphatic hydroxyl groups is 1. The highest BCUT2D eigenvalue weighted by atomic mass is 32.1. The molecule has 0 aliphatic rings. The molecule has 0 radical (unpaired) electrons. The topological polar surface area (TPSA) is 94.6 Å². The summed E-state index contributed by atoms with van der Waals surface area (Å²) in [6, 6.07) is 18.8. The Morgan fingerprint density at radius 3 is 2.43 bits per heavy atom. The fourth-order valence-corrected chi connectivity index (χ4v) is 5.63. The molecule has 2 atom stereocenters. The molecule has 1 heterocycles. The quantitative estimate of drug-likeness (QED) is 0.211. The van der Waals surface area contributed by atoms with Gasteiger partial charge in [-0.1, -0.05) is 54.0 Å². The minimum atomic E-state index is -4.46. The van der Waals surface area contributed by atoms with Crippen LogP contribution >= 0.6 is 11.3 Å². The highest BCUT2D eigenvalue weighted by Crippen LogP contribution is 2.29. The number of nitrogens with one attached hydrogen (secondary N) is 2. The molecule has 4 rings (SSSR count). The molecule has 2 amide bonds. The lowest BCUT2D eigenvalue weighted by Gasteiger charge is -2.25. The van der Waals surface area contributed by atoms with Gasteiger partial charge in [0.05, 0.1) is 24.3 Å². The van der Waals surface area contributed by atoms with Gasteiger partial charge in [0.2, 0.25) is 0 Å². The molecule has 3 N–H and O–H groups in total. The fraction of sp³-hybridized carbons (Fsp3) is 0.281. The third kappa shape index (κ3) is 9.25. The van der Waals surface area contributed by atoms with Gasteiger partial charge in [0, 0.05) is 42.3 Å². The van der Waals surface area contributed by atoms with Gasteiger partial charge in [-0.05, 0) is 48.7 Å². The normalized spacial score (nSPS) is 12.9. The Labute approximate surface area is 259 Å². The van der Waals surface area contributed by atoms with E-state index >= 15 is 0 Å². The molecule has 0 aliphatic carbocycles. The van der Waals surface area contributed by atoms with Crippen LogP contribution in [0.5, 0.6) is 0 Å². The third-order valence-corrected chi connectivity index (χ3v) is 7.94. The summed E-state index contributed by atoms with van der Waals surface area (Å²) in [5.41, 5.74) is 2.56. The second-order valence-electron chi connectivity index (χ2n) is 10.8. The number of amides is 2. The van der Waals surface area contributed by atoms with Crippen LogP contribution in [0.2, 0.25) is 0 Å². The number of aliphatic hydroxyl groups excluding tert-OH is 1. The minimum absolute atomic E-state index is 0.0205. The number of alkyl halides is 3. The number of hydrogen-bond donors (Lipinski definition) is 3. The van der Waals surface area contributed by atoms with Gasteiger partial charge in [-0.2, -0.15) is 13.2 Å². The van der Waals surface area contributed by atoms with Crippen LogP contribution in [0.25, 0.3) is 0 Å². The Bertz CT molecular complexity index is 1580. The number of nitrogens with zero attached hydrogens (tertiary/aromatic N) is 2. The first kappa shape index (κ1) is 32.9. The van der Waals surface area contributed by atoms with Crippen molar-refractivity contribution in [3.63, 3.8) is 0 Å². The highest BCUT2D eigenvalue weighted by molar-refractivity contribution is 7.09. The van der Waals surface area contributed by atoms with Crippen LogP contribution in [-0.2, 0) is 25.7 Å². The van der Waals surface area contributed by atoms with E-state index in [0.717, 1.165) is 28.4 Å². The Balaban J connectivity index is 1.44. The minimum Gasteiger partial charge on any atom is -0.390 e. The number of aromatic nitrogens is 1. The third-order valence-electron chi connectivity index (χ3n) is 6.98. The number of rotatable bonds is 12. The van der Waals surface area contributed by atoms with E-state index < -0.39 is 29.8 Å². The Hall–Kier alpha value is -4.00. The van der Waals surface area contributed by atoms with Gasteiger partial charge in [0.1, 0.15) is 12.9 Å². The zero-order valence-corrected chi connectivity index (χ0v) is 25.5. The van der Waals surface area contributed by atoms with Crippen molar-refractivity contribution < 1.29 is 27.9 Å². The van der Waals surface area contributed by atoms with Crippen LogP contribution in [-0.4, -0.2) is 60.4 Å². The van der Waals surface area contributed by atoms with Crippen molar-refractivity contribution in [2.24, 2.45) is 0 Å². The van der Waals surface area contributed by atoms with Gasteiger partial charge in [-0.25, -0.2) is 4.98 Å². The number of benzene rings is 3. The van der Waals surface area contributed by atoms with Crippen molar-refractivity contribution in [3.8, 4) is 0 Å². The van der Waals surface area contributed by atoms with Gasteiger partial charge < -0.3 is 20.6 Å². The lowest BCUT2D eigenvalue weighted by molar-refractivity contribution is -0.137. The average Bonchev–Trinajstić information content (AvgIpc) is 3.40. The number of aryl methyl sites for hydroxylation is 1. The van der Waals surface area contributed by atoms with Crippen molar-refractivity contribution in [2.45, 2.75) is 44.8 Å². The monoisotopic (exact) mass is 622 g/mol. The van der Waals surface area contributed by atoms with Crippen molar-refractivity contribution in [2.75, 3.05) is 13.6 Å². The van der Waals surface area contributed by atoms with E-state index in [1.165, 1.54) is 22.3 Å². The number of hydrogen-bond acceptors (Lipinski definition) is 6. The van der Waals surface area contributed by atoms with Gasteiger partial charge in [-0.3, -0.25) is 9.59 Å². The van der Waals surface area contributed by atoms with E-state index in [1.54, 1.807) is 39.2 Å². The van der Waals surface area contributed by atoms with E-state index in [-0.39, 0.29) is 24.6 Å². The summed E-state index contributed by atoms with van der Waals surface area (Å²) >= 11 is 1.47. The van der Waals surface area contributed by atoms with E-state index in [4.69, 9.17) is 0 Å². The molecule has 7 nitrogen and oxygen atoms in total. The van der Waals surface area contributed by atoms with Crippen LogP contribution in [0, 0.1) is 6.92 Å². The van der Waals surface area contributed by atoms with Crippen molar-refractivity contribution >= 4 is 36.5 Å². The average molecular weight is 623 g/mol. The zero-order valence-electron chi connectivity index (χ0n) is 24.7. The molecule has 4 aromatic rings. The predicted molar refractivity (Wildman–Crippen MR) is 168 cm³/mol. The lowest BCUT2D eigenvalue weighted by Crippen LogP contribution is -2.48. The summed E-state index contributed by atoms with van der Waals surface area (Å²) in [5.74, 6) is -0.728. The van der Waals surface area contributed by atoms with Gasteiger partial charge in [0.15, 0.2) is 0 Å². The molecule has 230 valence electrons. The molecular formula is C32H34BF3N4O3S. The molecule has 0 spiro atoms. The summed E-state index contributed by atoms with van der Waals surface area (Å²) in [7, 11) is 3.27. The van der Waals surface area contributed by atoms with Crippen LogP contribution < -0.4 is 16.1 Å². The summed E-state index contributed by atoms with van der Waals surface area (Å²) in [5, 5.41) is 19.8. The molecule has 0 fully saturated rings. The first-order valence-corrected chi connectivity index (χ1v) is 14.9. The molecule has 0 saturated carbocycles. The molecule has 0 aliphatic heterocycles. The van der Waals surface area contributed by atoms with Gasteiger partial charge in [0.25, 0.3) is 11.8 Å². The van der Waals surface area contributed by atoms with Crippen LogP contribution in [0.4, 0.5) is 13.2 Å². The van der Waals surface area contributed by atoms with E-state index in [9.17, 15) is 27.9 Å². The van der Waals surface area contributed by atoms with Crippen LogP contribution in [0.15, 0.2) is 78.2 Å². The van der Waals surface area contributed by atoms with Gasteiger partial charge in [-0.15, -0.1) is 11.3 Å². The lowest BCUT2D eigenvalue weighted by atomic mass is 9.91. The molecular weight excluding hydrogens is 588 g/mol. The number of thiazole rings is 1. The maximum atomic E-state index is 13.4. The van der Waals surface area contributed by atoms with Crippen molar-refractivity contribution in [1.82, 2.24) is 20.5 Å². The first-order chi connectivity index (χ1) is 20.9. The van der Waals surface area contributed by atoms with Crippen LogP contribution in [0.3, 0.4) is 0 Å². The number of carbonyl (C=O) groups excluding carboxylic acids is 2. The standard InChI is InChI=1S/C32H34BF3N4O3S/c1-20-19-44-29(38-20)18-40(2)31(43)24-10-6-9-23(14-24)30(42)39-27(13-21-7-4-3-5-8-21)28(41)17-37-16-22-11-25(32(34,35)36)15-26(33)12-22/h3-12,14-15,19,27-28,37,41H,13,16-18,33H2,1-2H3,(H,39,42)/t27-,28+/m0/s1. The van der Waals surface area contributed by atoms with Crippen molar-refractivity contribution in [1.29, 1.82) is 0 Å². The summed E-state index contributed by atoms with van der Waals surface area (Å²) in [4.78, 5) is 32.4. The maximum absolute atomic E-state index is 13.4. The Kier molecular flexibility index (Phi) is 11.0. The molecule has 0 bridgehead atoms. The molecule has 44 heavy (non-hydrogen) atoms. The van der Waals surface area contributed by atoms with Crippen LogP contribution in [0.1, 0.15) is 48.1 Å². The molecule has 3 aromatic carbocycles. The smallest absolute Gasteiger partial charge is 0.390 e. The molecule has 1 aromatic heterocycles. The summed E-state index contributed by atoms with van der Waals surface area (Å²) in [6.45, 7) is 2.35. The number of carbonyl (C=O) groups is 2. The SMILES string of the molecule is Bc1cc(CNC[C@@H](O)[C@H](Cc2ccccc2)NC(=O)c2cccc(C(=O)N(C)Cc3nc(C)cs3)c2)cc(C(F)(F)F)c1. The number of halogens is 3. The predicted octanol–water partition coefficient (Wildman–Crippen LogP) is 3.49. The Morgan fingerprint density at radius 1 is 1.02 bits per heavy atom. The second-order valence-corrected chi connectivity index (χ2v) is 11.7. The summed E-state index contributed by atoms with van der Waals surface area (Å²) in [6.07, 6.45) is -5.21. The van der Waals surface area contributed by atoms with E-state index in [0.29, 0.717) is 29.6 Å². The first-order valence-electron chi connectivity index (χ1n) is 14.1. The van der Waals surface area contributed by atoms with E-state index in [2.05, 4.69) is 15.6 Å². The Morgan fingerprint density at radius 2 is 1.75 bits per heavy atom. The largest absolute Gasteiger partial charge is 0.416 e. The molecule has 12 heteroatoms. The summed E-state index contributed by atoms with van der Waals surface area (Å²) < 4.78 is 39.7. The molecule has 0 unspecified atom stereocenters. The molecule has 0 saturated heterocycles. The highest BCUT2D eigenvalue weighted by Gasteiger charge is 2.31. The fourth-order valence-electron chi connectivity index (χ4n) is 4.80. The second kappa shape index (κ2) is 14.7. The van der Waals surface area contributed by atoms with E-state index in [1.807, 2.05) is 42.6 Å². The zero-order chi connectivity index (χ0) is 31.9. The maximum Gasteiger partial charge on any atom is 0.416 e. The van der Waals surface area contributed by atoms with Crippen molar-refractivity contribution in [3.05, 3.63) is 117 Å².